The largest absolute Gasteiger partial charge is 0.339 e. The molecular weight excluding hydrogens is 220 g/mol. The van der Waals surface area contributed by atoms with Gasteiger partial charge in [-0.1, -0.05) is 28.5 Å². The lowest BCUT2D eigenvalue weighted by Crippen LogP contribution is -1.83. The molecule has 2 heterocycles. The van der Waals surface area contributed by atoms with Crippen LogP contribution >= 0.6 is 0 Å². The molecule has 3 aromatic rings. The average Bonchev–Trinajstić information content (AvgIpc) is 2.98. The summed E-state index contributed by atoms with van der Waals surface area (Å²) in [6.07, 6.45) is 0. The Hall–Kier alpha value is -2.50. The molecule has 0 bridgehead atoms. The predicted molar refractivity (Wildman–Crippen MR) is 57.8 cm³/mol. The van der Waals surface area contributed by atoms with E-state index in [-0.39, 0.29) is 0 Å². The fraction of sp³-hybridized carbons (Fsp3) is 0.0909. The molecule has 0 saturated carbocycles. The molecule has 2 aromatic heterocycles. The number of hydrogen-bond acceptors (Lipinski definition) is 6. The molecule has 3 rings (SSSR count). The Balaban J connectivity index is 1.99. The van der Waals surface area contributed by atoms with Crippen LogP contribution in [0.1, 0.15) is 5.89 Å². The first-order valence-corrected chi connectivity index (χ1v) is 5.03. The van der Waals surface area contributed by atoms with Gasteiger partial charge in [-0.05, 0) is 12.1 Å². The van der Waals surface area contributed by atoms with Gasteiger partial charge in [-0.25, -0.2) is 0 Å². The second-order valence-corrected chi connectivity index (χ2v) is 3.43. The Labute approximate surface area is 96.3 Å². The summed E-state index contributed by atoms with van der Waals surface area (Å²) in [5.41, 5.74) is 0.853. The third-order valence-corrected chi connectivity index (χ3v) is 2.17. The molecule has 6 heteroatoms. The summed E-state index contributed by atoms with van der Waals surface area (Å²) >= 11 is 0. The summed E-state index contributed by atoms with van der Waals surface area (Å²) in [6.45, 7) is 1.70. The first-order chi connectivity index (χ1) is 8.33. The number of hydrogen-bond donors (Lipinski definition) is 0. The smallest absolute Gasteiger partial charge is 0.258 e. The van der Waals surface area contributed by atoms with Gasteiger partial charge in [0, 0.05) is 12.5 Å². The summed E-state index contributed by atoms with van der Waals surface area (Å²) in [5.74, 6) is 1.54. The first-order valence-electron chi connectivity index (χ1n) is 5.03. The zero-order valence-electron chi connectivity index (χ0n) is 8.99. The van der Waals surface area contributed by atoms with Crippen molar-refractivity contribution in [2.24, 2.45) is 0 Å². The van der Waals surface area contributed by atoms with Crippen LogP contribution in [0.3, 0.4) is 0 Å². The van der Waals surface area contributed by atoms with Crippen molar-refractivity contribution in [2.45, 2.75) is 6.92 Å². The second-order valence-electron chi connectivity index (χ2n) is 3.43. The molecule has 6 nitrogen and oxygen atoms in total. The summed E-state index contributed by atoms with van der Waals surface area (Å²) in [7, 11) is 0. The molecule has 0 aliphatic heterocycles. The molecule has 0 unspecified atom stereocenters. The number of benzene rings is 1. The van der Waals surface area contributed by atoms with Crippen molar-refractivity contribution in [3.8, 4) is 23.1 Å². The van der Waals surface area contributed by atoms with Crippen molar-refractivity contribution < 1.29 is 9.05 Å². The number of rotatable bonds is 2. The van der Waals surface area contributed by atoms with Crippen LogP contribution < -0.4 is 0 Å². The minimum Gasteiger partial charge on any atom is -0.339 e. The van der Waals surface area contributed by atoms with Crippen molar-refractivity contribution in [3.05, 3.63) is 36.2 Å². The lowest BCUT2D eigenvalue weighted by Gasteiger charge is -1.89. The van der Waals surface area contributed by atoms with Gasteiger partial charge in [0.15, 0.2) is 0 Å². The normalized spacial score (nSPS) is 10.6. The van der Waals surface area contributed by atoms with Crippen LogP contribution in [0.4, 0.5) is 0 Å². The molecule has 0 atom stereocenters. The van der Waals surface area contributed by atoms with Gasteiger partial charge in [0.1, 0.15) is 0 Å². The van der Waals surface area contributed by atoms with Crippen LogP contribution in [-0.4, -0.2) is 20.3 Å². The highest BCUT2D eigenvalue weighted by atomic mass is 16.5. The number of aromatic nitrogens is 4. The molecule has 0 saturated heterocycles. The summed E-state index contributed by atoms with van der Waals surface area (Å²) < 4.78 is 9.98. The minimum absolute atomic E-state index is 0.320. The highest BCUT2D eigenvalue weighted by Gasteiger charge is 2.14. The predicted octanol–water partition coefficient (Wildman–Crippen LogP) is 2.10. The van der Waals surface area contributed by atoms with Crippen molar-refractivity contribution in [3.63, 3.8) is 0 Å². The number of aryl methyl sites for hydroxylation is 1. The highest BCUT2D eigenvalue weighted by molar-refractivity contribution is 5.55. The van der Waals surface area contributed by atoms with E-state index in [1.165, 1.54) is 0 Å². The molecule has 0 aliphatic carbocycles. The molecule has 0 N–H and O–H groups in total. The van der Waals surface area contributed by atoms with Gasteiger partial charge < -0.3 is 9.05 Å². The van der Waals surface area contributed by atoms with Crippen molar-refractivity contribution >= 4 is 0 Å². The molecule has 17 heavy (non-hydrogen) atoms. The summed E-state index contributed by atoms with van der Waals surface area (Å²) in [4.78, 5) is 8.23. The van der Waals surface area contributed by atoms with Gasteiger partial charge in [-0.15, -0.1) is 0 Å². The quantitative estimate of drug-likeness (QED) is 0.668. The van der Waals surface area contributed by atoms with Crippen LogP contribution in [0.25, 0.3) is 23.1 Å². The topological polar surface area (TPSA) is 77.8 Å². The molecule has 84 valence electrons. The second kappa shape index (κ2) is 3.82. The van der Waals surface area contributed by atoms with E-state index in [1.807, 2.05) is 30.3 Å². The minimum atomic E-state index is 0.320. The highest BCUT2D eigenvalue weighted by Crippen LogP contribution is 2.19. The fourth-order valence-electron chi connectivity index (χ4n) is 1.40. The monoisotopic (exact) mass is 228 g/mol. The molecular formula is C11H8N4O2. The maximum Gasteiger partial charge on any atom is 0.258 e. The Kier molecular flexibility index (Phi) is 2.18. The van der Waals surface area contributed by atoms with Gasteiger partial charge in [0.25, 0.3) is 5.89 Å². The van der Waals surface area contributed by atoms with Crippen LogP contribution in [-0.2, 0) is 0 Å². The summed E-state index contributed by atoms with van der Waals surface area (Å²) in [6, 6.07) is 9.50. The maximum absolute atomic E-state index is 5.13. The van der Waals surface area contributed by atoms with E-state index >= 15 is 0 Å². The third kappa shape index (κ3) is 1.80. The van der Waals surface area contributed by atoms with Crippen LogP contribution in [0.2, 0.25) is 0 Å². The Morgan fingerprint density at radius 3 is 2.29 bits per heavy atom. The Bertz CT molecular complexity index is 630. The molecule has 1 aromatic carbocycles. The van der Waals surface area contributed by atoms with E-state index in [4.69, 9.17) is 9.05 Å². The molecule has 0 spiro atoms. The molecule has 0 aliphatic rings. The molecule has 0 amide bonds. The molecule has 0 radical (unpaired) electrons. The standard InChI is InChI=1S/C11H8N4O2/c1-7-12-9(14-16-7)10-13-11(17-15-10)8-5-3-2-4-6-8/h2-6H,1H3. The van der Waals surface area contributed by atoms with E-state index in [1.54, 1.807) is 6.92 Å². The average molecular weight is 228 g/mol. The SMILES string of the molecule is Cc1nc(-c2noc(-c3ccccc3)n2)no1. The van der Waals surface area contributed by atoms with Gasteiger partial charge in [-0.2, -0.15) is 9.97 Å². The van der Waals surface area contributed by atoms with E-state index in [0.717, 1.165) is 5.56 Å². The van der Waals surface area contributed by atoms with E-state index in [9.17, 15) is 0 Å². The van der Waals surface area contributed by atoms with Gasteiger partial charge in [0.05, 0.1) is 0 Å². The van der Waals surface area contributed by atoms with Gasteiger partial charge >= 0.3 is 0 Å². The van der Waals surface area contributed by atoms with E-state index < -0.39 is 0 Å². The van der Waals surface area contributed by atoms with Crippen LogP contribution in [0.15, 0.2) is 39.4 Å². The van der Waals surface area contributed by atoms with Gasteiger partial charge in [-0.3, -0.25) is 0 Å². The van der Waals surface area contributed by atoms with E-state index in [0.29, 0.717) is 23.4 Å². The van der Waals surface area contributed by atoms with Crippen LogP contribution in [0, 0.1) is 6.92 Å². The van der Waals surface area contributed by atoms with Crippen molar-refractivity contribution in [1.82, 2.24) is 20.3 Å². The fourth-order valence-corrected chi connectivity index (χ4v) is 1.40. The van der Waals surface area contributed by atoms with E-state index in [2.05, 4.69) is 20.3 Å². The third-order valence-electron chi connectivity index (χ3n) is 2.17. The zero-order valence-corrected chi connectivity index (χ0v) is 8.99. The molecule has 0 fully saturated rings. The van der Waals surface area contributed by atoms with Crippen LogP contribution in [0.5, 0.6) is 0 Å². The van der Waals surface area contributed by atoms with Crippen molar-refractivity contribution in [1.29, 1.82) is 0 Å². The first kappa shape index (κ1) is 9.71. The Morgan fingerprint density at radius 1 is 0.882 bits per heavy atom. The van der Waals surface area contributed by atoms with Gasteiger partial charge in [0.2, 0.25) is 17.5 Å². The maximum atomic E-state index is 5.13. The van der Waals surface area contributed by atoms with Crippen molar-refractivity contribution in [2.75, 3.05) is 0 Å². The Morgan fingerprint density at radius 2 is 1.59 bits per heavy atom. The summed E-state index contributed by atoms with van der Waals surface area (Å²) in [5, 5.41) is 7.53. The lowest BCUT2D eigenvalue weighted by molar-refractivity contribution is 0.393. The number of nitrogens with zero attached hydrogens (tertiary/aromatic N) is 4. The lowest BCUT2D eigenvalue weighted by atomic mass is 10.2. The zero-order chi connectivity index (χ0) is 11.7.